The molecule has 1 aliphatic rings. The van der Waals surface area contributed by atoms with Crippen molar-refractivity contribution in [1.29, 1.82) is 0 Å². The number of amides is 3. The molecule has 0 radical (unpaired) electrons. The van der Waals surface area contributed by atoms with E-state index in [0.29, 0.717) is 4.34 Å². The summed E-state index contributed by atoms with van der Waals surface area (Å²) in [5.74, 6) is -0.455. The highest BCUT2D eigenvalue weighted by Gasteiger charge is 2.29. The second kappa shape index (κ2) is 5.45. The first-order chi connectivity index (χ1) is 8.88. The third-order valence-electron chi connectivity index (χ3n) is 2.40. The van der Waals surface area contributed by atoms with Gasteiger partial charge in [0.15, 0.2) is 0 Å². The number of sulfonamides is 1. The van der Waals surface area contributed by atoms with Gasteiger partial charge >= 0.3 is 6.03 Å². The second-order valence-corrected chi connectivity index (χ2v) is 7.47. The number of carbonyl (C=O) groups excluding carboxylic acids is 2. The third-order valence-corrected chi connectivity index (χ3v) is 5.58. The van der Waals surface area contributed by atoms with Gasteiger partial charge in [0.2, 0.25) is 10.0 Å². The molecule has 2 heterocycles. The summed E-state index contributed by atoms with van der Waals surface area (Å²) in [6.07, 6.45) is 0.176. The monoisotopic (exact) mass is 323 g/mol. The van der Waals surface area contributed by atoms with E-state index in [-0.39, 0.29) is 17.2 Å². The van der Waals surface area contributed by atoms with Crippen LogP contribution in [0.2, 0.25) is 4.34 Å². The summed E-state index contributed by atoms with van der Waals surface area (Å²) in [6.45, 7) is 0.0379. The van der Waals surface area contributed by atoms with Crippen LogP contribution in [-0.2, 0) is 14.8 Å². The first kappa shape index (κ1) is 14.3. The van der Waals surface area contributed by atoms with Crippen molar-refractivity contribution in [3.63, 3.8) is 0 Å². The standard InChI is InChI=1S/C9H10ClN3O4S2/c10-6-1-2-7(18-6)19(16,17)11-4-3-5-8(14)13-9(15)12-5/h1-2,5,11H,3-4H2,(H2,12,13,14,15). The van der Waals surface area contributed by atoms with Crippen molar-refractivity contribution in [2.24, 2.45) is 0 Å². The summed E-state index contributed by atoms with van der Waals surface area (Å²) < 4.78 is 26.5. The van der Waals surface area contributed by atoms with Gasteiger partial charge in [-0.05, 0) is 18.6 Å². The average molecular weight is 324 g/mol. The Morgan fingerprint density at radius 1 is 1.37 bits per heavy atom. The van der Waals surface area contributed by atoms with Crippen LogP contribution in [0.4, 0.5) is 4.79 Å². The molecular weight excluding hydrogens is 314 g/mol. The molecule has 1 atom stereocenters. The number of imide groups is 1. The van der Waals surface area contributed by atoms with Gasteiger partial charge in [-0.3, -0.25) is 10.1 Å². The quantitative estimate of drug-likeness (QED) is 0.677. The molecule has 0 saturated carbocycles. The summed E-state index contributed by atoms with van der Waals surface area (Å²) in [6, 6.07) is 1.62. The van der Waals surface area contributed by atoms with Crippen LogP contribution >= 0.6 is 22.9 Å². The number of urea groups is 1. The maximum Gasteiger partial charge on any atom is 0.322 e. The van der Waals surface area contributed by atoms with Gasteiger partial charge in [-0.2, -0.15) is 0 Å². The summed E-state index contributed by atoms with van der Waals surface area (Å²) >= 11 is 6.61. The van der Waals surface area contributed by atoms with E-state index in [2.05, 4.69) is 15.4 Å². The van der Waals surface area contributed by atoms with Crippen LogP contribution in [-0.4, -0.2) is 32.9 Å². The lowest BCUT2D eigenvalue weighted by Gasteiger charge is -2.08. The van der Waals surface area contributed by atoms with Crippen LogP contribution in [0, 0.1) is 0 Å². The fraction of sp³-hybridized carbons (Fsp3) is 0.333. The average Bonchev–Trinajstić information content (AvgIpc) is 2.86. The SMILES string of the molecule is O=C1NC(=O)C(CCNS(=O)(=O)c2ccc(Cl)s2)N1. The molecule has 3 amide bonds. The molecule has 3 N–H and O–H groups in total. The number of thiophene rings is 1. The molecule has 0 bridgehead atoms. The predicted molar refractivity (Wildman–Crippen MR) is 69.6 cm³/mol. The molecule has 1 aliphatic heterocycles. The van der Waals surface area contributed by atoms with Crippen molar-refractivity contribution in [1.82, 2.24) is 15.4 Å². The lowest BCUT2D eigenvalue weighted by atomic mass is 10.2. The minimum atomic E-state index is -3.62. The van der Waals surface area contributed by atoms with Crippen LogP contribution < -0.4 is 15.4 Å². The molecule has 1 unspecified atom stereocenters. The maximum atomic E-state index is 11.8. The normalized spacial score (nSPS) is 19.3. The zero-order chi connectivity index (χ0) is 14.0. The van der Waals surface area contributed by atoms with E-state index in [1.165, 1.54) is 12.1 Å². The summed E-state index contributed by atoms with van der Waals surface area (Å²) in [7, 11) is -3.62. The van der Waals surface area contributed by atoms with Crippen molar-refractivity contribution < 1.29 is 18.0 Å². The Labute approximate surface area is 118 Å². The lowest BCUT2D eigenvalue weighted by Crippen LogP contribution is -2.34. The predicted octanol–water partition coefficient (Wildman–Crippen LogP) is 0.278. The van der Waals surface area contributed by atoms with Gasteiger partial charge in [0.1, 0.15) is 10.3 Å². The van der Waals surface area contributed by atoms with Crippen molar-refractivity contribution in [3.8, 4) is 0 Å². The third kappa shape index (κ3) is 3.44. The first-order valence-corrected chi connectivity index (χ1v) is 7.92. The first-order valence-electron chi connectivity index (χ1n) is 5.25. The highest BCUT2D eigenvalue weighted by atomic mass is 35.5. The zero-order valence-electron chi connectivity index (χ0n) is 9.47. The molecule has 1 aromatic rings. The lowest BCUT2D eigenvalue weighted by molar-refractivity contribution is -0.120. The van der Waals surface area contributed by atoms with E-state index in [4.69, 9.17) is 11.6 Å². The van der Waals surface area contributed by atoms with E-state index in [9.17, 15) is 18.0 Å². The van der Waals surface area contributed by atoms with Crippen molar-refractivity contribution in [2.75, 3.05) is 6.54 Å². The van der Waals surface area contributed by atoms with E-state index in [1.54, 1.807) is 0 Å². The number of halogens is 1. The van der Waals surface area contributed by atoms with Crippen LogP contribution in [0.3, 0.4) is 0 Å². The molecule has 104 valence electrons. The molecule has 1 saturated heterocycles. The van der Waals surface area contributed by atoms with Crippen molar-refractivity contribution in [3.05, 3.63) is 16.5 Å². The second-order valence-electron chi connectivity index (χ2n) is 3.76. The Hall–Kier alpha value is -1.16. The highest BCUT2D eigenvalue weighted by molar-refractivity contribution is 7.91. The van der Waals surface area contributed by atoms with Gasteiger partial charge in [0, 0.05) is 6.54 Å². The minimum absolute atomic E-state index is 0.0379. The van der Waals surface area contributed by atoms with E-state index in [1.807, 2.05) is 0 Å². The molecule has 0 spiro atoms. The van der Waals surface area contributed by atoms with E-state index < -0.39 is 28.0 Å². The smallest absolute Gasteiger partial charge is 0.322 e. The largest absolute Gasteiger partial charge is 0.326 e. The molecule has 0 aromatic carbocycles. The van der Waals surface area contributed by atoms with Crippen LogP contribution in [0.15, 0.2) is 16.3 Å². The molecular formula is C9H10ClN3O4S2. The summed E-state index contributed by atoms with van der Waals surface area (Å²) in [5, 5.41) is 4.45. The Kier molecular flexibility index (Phi) is 4.09. The van der Waals surface area contributed by atoms with E-state index >= 15 is 0 Å². The fourth-order valence-corrected chi connectivity index (χ4v) is 4.09. The van der Waals surface area contributed by atoms with Gasteiger partial charge in [0.25, 0.3) is 5.91 Å². The van der Waals surface area contributed by atoms with Gasteiger partial charge in [0.05, 0.1) is 4.34 Å². The summed E-state index contributed by atoms with van der Waals surface area (Å²) in [4.78, 5) is 22.1. The molecule has 1 fully saturated rings. The molecule has 2 rings (SSSR count). The number of rotatable bonds is 5. The van der Waals surface area contributed by atoms with Gasteiger partial charge < -0.3 is 5.32 Å². The number of carbonyl (C=O) groups is 2. The van der Waals surface area contributed by atoms with Gasteiger partial charge in [-0.15, -0.1) is 11.3 Å². The van der Waals surface area contributed by atoms with Gasteiger partial charge in [-0.25, -0.2) is 17.9 Å². The van der Waals surface area contributed by atoms with Crippen LogP contribution in [0.1, 0.15) is 6.42 Å². The minimum Gasteiger partial charge on any atom is -0.326 e. The number of nitrogens with one attached hydrogen (secondary N) is 3. The Morgan fingerprint density at radius 3 is 2.63 bits per heavy atom. The molecule has 7 nitrogen and oxygen atoms in total. The highest BCUT2D eigenvalue weighted by Crippen LogP contribution is 2.25. The van der Waals surface area contributed by atoms with Gasteiger partial charge in [-0.1, -0.05) is 11.6 Å². The Balaban J connectivity index is 1.89. The number of hydrogen-bond acceptors (Lipinski definition) is 5. The molecule has 10 heteroatoms. The Bertz CT molecular complexity index is 613. The van der Waals surface area contributed by atoms with Crippen LogP contribution in [0.25, 0.3) is 0 Å². The maximum absolute atomic E-state index is 11.8. The molecule has 1 aromatic heterocycles. The van der Waals surface area contributed by atoms with Crippen molar-refractivity contribution >= 4 is 44.9 Å². The topological polar surface area (TPSA) is 104 Å². The van der Waals surface area contributed by atoms with Crippen LogP contribution in [0.5, 0.6) is 0 Å². The van der Waals surface area contributed by atoms with E-state index in [0.717, 1.165) is 11.3 Å². The molecule has 19 heavy (non-hydrogen) atoms. The Morgan fingerprint density at radius 2 is 2.11 bits per heavy atom. The number of hydrogen-bond donors (Lipinski definition) is 3. The molecule has 0 aliphatic carbocycles. The zero-order valence-corrected chi connectivity index (χ0v) is 11.9. The summed E-state index contributed by atoms with van der Waals surface area (Å²) in [5.41, 5.74) is 0. The van der Waals surface area contributed by atoms with Crippen molar-refractivity contribution in [2.45, 2.75) is 16.7 Å². The fourth-order valence-electron chi connectivity index (χ4n) is 1.51.